The van der Waals surface area contributed by atoms with E-state index in [1.54, 1.807) is 30.3 Å². The van der Waals surface area contributed by atoms with Crippen molar-refractivity contribution in [3.63, 3.8) is 0 Å². The molecule has 18 heavy (non-hydrogen) atoms. The van der Waals surface area contributed by atoms with Gasteiger partial charge in [-0.3, -0.25) is 4.79 Å². The summed E-state index contributed by atoms with van der Waals surface area (Å²) in [6.45, 7) is 1.38. The van der Waals surface area contributed by atoms with Crippen molar-refractivity contribution >= 4 is 16.9 Å². The molecule has 0 aliphatic carbocycles. The standard InChI is InChI=1S/C13H15F3OS/c1-2-11(14)13(15,16)8-9-18-12(17)10-6-4-3-5-7-10/h3-7,11H,2,8-9H2,1H3. The zero-order chi connectivity index (χ0) is 13.6. The van der Waals surface area contributed by atoms with Gasteiger partial charge in [-0.2, -0.15) is 0 Å². The van der Waals surface area contributed by atoms with Crippen molar-refractivity contribution in [2.75, 3.05) is 5.75 Å². The van der Waals surface area contributed by atoms with E-state index in [1.807, 2.05) is 0 Å². The molecule has 1 nitrogen and oxygen atoms in total. The first kappa shape index (κ1) is 15.1. The third-order valence-electron chi connectivity index (χ3n) is 2.49. The zero-order valence-corrected chi connectivity index (χ0v) is 10.9. The van der Waals surface area contributed by atoms with Crippen molar-refractivity contribution in [1.82, 2.24) is 0 Å². The fourth-order valence-corrected chi connectivity index (χ4v) is 2.25. The van der Waals surface area contributed by atoms with E-state index in [2.05, 4.69) is 0 Å². The number of thioether (sulfide) groups is 1. The molecule has 0 saturated heterocycles. The quantitative estimate of drug-likeness (QED) is 0.769. The van der Waals surface area contributed by atoms with Gasteiger partial charge in [0.2, 0.25) is 5.12 Å². The van der Waals surface area contributed by atoms with Crippen molar-refractivity contribution < 1.29 is 18.0 Å². The van der Waals surface area contributed by atoms with Gasteiger partial charge in [0.15, 0.2) is 6.17 Å². The first-order valence-corrected chi connectivity index (χ1v) is 6.70. The van der Waals surface area contributed by atoms with Crippen LogP contribution < -0.4 is 0 Å². The maximum absolute atomic E-state index is 13.2. The predicted octanol–water partition coefficient (Wildman–Crippen LogP) is 4.33. The largest absolute Gasteiger partial charge is 0.282 e. The Hall–Kier alpha value is -0.970. The van der Waals surface area contributed by atoms with Crippen LogP contribution >= 0.6 is 11.8 Å². The van der Waals surface area contributed by atoms with E-state index in [9.17, 15) is 18.0 Å². The first-order valence-electron chi connectivity index (χ1n) is 5.71. The molecule has 0 bridgehead atoms. The van der Waals surface area contributed by atoms with Gasteiger partial charge >= 0.3 is 0 Å². The van der Waals surface area contributed by atoms with Crippen LogP contribution in [-0.2, 0) is 0 Å². The fraction of sp³-hybridized carbons (Fsp3) is 0.462. The van der Waals surface area contributed by atoms with Crippen LogP contribution in [-0.4, -0.2) is 23.0 Å². The van der Waals surface area contributed by atoms with Crippen LogP contribution in [0.2, 0.25) is 0 Å². The number of carbonyl (C=O) groups excluding carboxylic acids is 1. The van der Waals surface area contributed by atoms with Crippen molar-refractivity contribution in [3.8, 4) is 0 Å². The molecule has 0 fully saturated rings. The Bertz CT molecular complexity index is 381. The summed E-state index contributed by atoms with van der Waals surface area (Å²) in [5.74, 6) is -3.43. The third kappa shape index (κ3) is 4.37. The summed E-state index contributed by atoms with van der Waals surface area (Å²) in [5, 5.41) is -0.265. The topological polar surface area (TPSA) is 17.1 Å². The Labute approximate surface area is 109 Å². The molecular weight excluding hydrogens is 261 g/mol. The molecule has 0 aromatic heterocycles. The second-order valence-electron chi connectivity index (χ2n) is 3.89. The summed E-state index contributed by atoms with van der Waals surface area (Å²) in [6, 6.07) is 8.42. The molecule has 5 heteroatoms. The molecule has 1 unspecified atom stereocenters. The van der Waals surface area contributed by atoms with Crippen LogP contribution in [0.25, 0.3) is 0 Å². The summed E-state index contributed by atoms with van der Waals surface area (Å²) in [5.41, 5.74) is 0.470. The SMILES string of the molecule is CCC(F)C(F)(F)CCSC(=O)c1ccccc1. The normalized spacial score (nSPS) is 13.3. The smallest absolute Gasteiger partial charge is 0.279 e. The lowest BCUT2D eigenvalue weighted by Gasteiger charge is -2.18. The molecule has 0 radical (unpaired) electrons. The molecule has 0 aliphatic rings. The fourth-order valence-electron chi connectivity index (χ4n) is 1.39. The van der Waals surface area contributed by atoms with Gasteiger partial charge in [-0.1, -0.05) is 49.0 Å². The molecule has 1 aromatic rings. The van der Waals surface area contributed by atoms with E-state index in [0.717, 1.165) is 11.8 Å². The summed E-state index contributed by atoms with van der Waals surface area (Å²) < 4.78 is 39.3. The monoisotopic (exact) mass is 276 g/mol. The Morgan fingerprint density at radius 1 is 1.33 bits per heavy atom. The lowest BCUT2D eigenvalue weighted by molar-refractivity contribution is -0.0745. The van der Waals surface area contributed by atoms with Crippen molar-refractivity contribution in [3.05, 3.63) is 35.9 Å². The summed E-state index contributed by atoms with van der Waals surface area (Å²) in [6.07, 6.45) is -2.97. The van der Waals surface area contributed by atoms with E-state index in [0.29, 0.717) is 5.56 Å². The predicted molar refractivity (Wildman–Crippen MR) is 68.0 cm³/mol. The summed E-state index contributed by atoms with van der Waals surface area (Å²) in [7, 11) is 0. The molecular formula is C13H15F3OS. The number of carbonyl (C=O) groups is 1. The Morgan fingerprint density at radius 2 is 1.94 bits per heavy atom. The number of benzene rings is 1. The number of hydrogen-bond acceptors (Lipinski definition) is 2. The molecule has 1 rings (SSSR count). The van der Waals surface area contributed by atoms with Crippen molar-refractivity contribution in [2.45, 2.75) is 31.9 Å². The van der Waals surface area contributed by atoms with Gasteiger partial charge in [0.05, 0.1) is 0 Å². The highest BCUT2D eigenvalue weighted by molar-refractivity contribution is 8.14. The van der Waals surface area contributed by atoms with Gasteiger partial charge in [0, 0.05) is 17.7 Å². The molecule has 0 spiro atoms. The van der Waals surface area contributed by atoms with Crippen LogP contribution in [0.3, 0.4) is 0 Å². The minimum Gasteiger partial charge on any atom is -0.282 e. The van der Waals surface area contributed by atoms with Crippen molar-refractivity contribution in [2.24, 2.45) is 0 Å². The van der Waals surface area contributed by atoms with Crippen LogP contribution in [0.4, 0.5) is 13.2 Å². The Kier molecular flexibility index (Phi) is 5.72. The summed E-state index contributed by atoms with van der Waals surface area (Å²) in [4.78, 5) is 11.6. The average molecular weight is 276 g/mol. The molecule has 100 valence electrons. The molecule has 0 aliphatic heterocycles. The van der Waals surface area contributed by atoms with Gasteiger partial charge in [0.1, 0.15) is 0 Å². The van der Waals surface area contributed by atoms with Gasteiger partial charge in [-0.15, -0.1) is 0 Å². The van der Waals surface area contributed by atoms with E-state index in [-0.39, 0.29) is 17.3 Å². The second kappa shape index (κ2) is 6.83. The molecule has 1 atom stereocenters. The second-order valence-corrected chi connectivity index (χ2v) is 4.96. The number of halogens is 3. The van der Waals surface area contributed by atoms with Gasteiger partial charge in [0.25, 0.3) is 5.92 Å². The first-order chi connectivity index (χ1) is 8.47. The maximum atomic E-state index is 13.2. The third-order valence-corrected chi connectivity index (χ3v) is 3.40. The number of hydrogen-bond donors (Lipinski definition) is 0. The Balaban J connectivity index is 2.41. The average Bonchev–Trinajstić information content (AvgIpc) is 2.38. The van der Waals surface area contributed by atoms with Gasteiger partial charge in [-0.05, 0) is 6.42 Å². The molecule has 0 amide bonds. The highest BCUT2D eigenvalue weighted by Gasteiger charge is 2.38. The van der Waals surface area contributed by atoms with Crippen LogP contribution in [0.5, 0.6) is 0 Å². The van der Waals surface area contributed by atoms with Gasteiger partial charge in [-0.25, -0.2) is 13.2 Å². The van der Waals surface area contributed by atoms with Gasteiger partial charge < -0.3 is 0 Å². The van der Waals surface area contributed by atoms with Crippen LogP contribution in [0.1, 0.15) is 30.1 Å². The van der Waals surface area contributed by atoms with E-state index >= 15 is 0 Å². The highest BCUT2D eigenvalue weighted by atomic mass is 32.2. The lowest BCUT2D eigenvalue weighted by Crippen LogP contribution is -2.30. The van der Waals surface area contributed by atoms with Crippen molar-refractivity contribution in [1.29, 1.82) is 0 Å². The van der Waals surface area contributed by atoms with Crippen LogP contribution in [0, 0.1) is 0 Å². The number of rotatable bonds is 6. The van der Waals surface area contributed by atoms with E-state index in [4.69, 9.17) is 0 Å². The number of alkyl halides is 3. The minimum absolute atomic E-state index is 0.0822. The lowest BCUT2D eigenvalue weighted by atomic mass is 10.1. The maximum Gasteiger partial charge on any atom is 0.279 e. The van der Waals surface area contributed by atoms with E-state index in [1.165, 1.54) is 6.92 Å². The summed E-state index contributed by atoms with van der Waals surface area (Å²) >= 11 is 0.799. The molecule has 0 saturated carbocycles. The zero-order valence-electron chi connectivity index (χ0n) is 10.0. The minimum atomic E-state index is -3.35. The highest BCUT2D eigenvalue weighted by Crippen LogP contribution is 2.29. The Morgan fingerprint density at radius 3 is 2.50 bits per heavy atom. The molecule has 0 heterocycles. The molecule has 0 N–H and O–H groups in total. The molecule has 1 aromatic carbocycles. The van der Waals surface area contributed by atoms with E-state index < -0.39 is 18.5 Å². The van der Waals surface area contributed by atoms with Crippen LogP contribution in [0.15, 0.2) is 30.3 Å².